The van der Waals surface area contributed by atoms with Crippen LogP contribution in [0.15, 0.2) is 61.1 Å². The van der Waals surface area contributed by atoms with Crippen molar-refractivity contribution in [2.75, 3.05) is 12.4 Å². The van der Waals surface area contributed by atoms with Gasteiger partial charge in [0.25, 0.3) is 0 Å². The summed E-state index contributed by atoms with van der Waals surface area (Å²) < 4.78 is 7.01. The van der Waals surface area contributed by atoms with Crippen molar-refractivity contribution in [3.63, 3.8) is 0 Å². The number of anilines is 2. The zero-order chi connectivity index (χ0) is 18.8. The van der Waals surface area contributed by atoms with Crippen molar-refractivity contribution in [2.45, 2.75) is 19.8 Å². The number of methoxy groups -OCH3 is 1. The summed E-state index contributed by atoms with van der Waals surface area (Å²) in [7, 11) is 1.65. The molecule has 136 valence electrons. The molecule has 4 aromatic rings. The standard InChI is InChI=1S/C21H21N5O/c1-14(2)15-4-6-16(7-5-15)25-20-19-12-24-26(21(19)23-13-22-20)17-8-10-18(27-3)11-9-17/h4-14H,1-3H3,(H,22,23,25). The van der Waals surface area contributed by atoms with Gasteiger partial charge in [0.2, 0.25) is 0 Å². The molecule has 0 unspecified atom stereocenters. The van der Waals surface area contributed by atoms with E-state index in [-0.39, 0.29) is 0 Å². The van der Waals surface area contributed by atoms with Crippen molar-refractivity contribution in [3.8, 4) is 11.4 Å². The lowest BCUT2D eigenvalue weighted by Crippen LogP contribution is -1.99. The molecule has 0 saturated heterocycles. The Hall–Kier alpha value is -3.41. The van der Waals surface area contributed by atoms with Crippen LogP contribution in [0, 0.1) is 0 Å². The van der Waals surface area contributed by atoms with Crippen molar-refractivity contribution in [1.29, 1.82) is 0 Å². The molecule has 2 aromatic carbocycles. The minimum atomic E-state index is 0.507. The van der Waals surface area contributed by atoms with E-state index in [0.717, 1.165) is 34.0 Å². The number of benzene rings is 2. The largest absolute Gasteiger partial charge is 0.497 e. The van der Waals surface area contributed by atoms with Crippen LogP contribution in [-0.2, 0) is 0 Å². The quantitative estimate of drug-likeness (QED) is 0.560. The van der Waals surface area contributed by atoms with Gasteiger partial charge in [0, 0.05) is 5.69 Å². The van der Waals surface area contributed by atoms with E-state index in [2.05, 4.69) is 58.5 Å². The van der Waals surface area contributed by atoms with Gasteiger partial charge in [-0.2, -0.15) is 5.10 Å². The maximum Gasteiger partial charge on any atom is 0.168 e. The Labute approximate surface area is 157 Å². The number of hydrogen-bond acceptors (Lipinski definition) is 5. The molecule has 0 aliphatic heterocycles. The molecule has 2 aromatic heterocycles. The lowest BCUT2D eigenvalue weighted by atomic mass is 10.0. The van der Waals surface area contributed by atoms with Crippen molar-refractivity contribution >= 4 is 22.5 Å². The third kappa shape index (κ3) is 3.33. The fraction of sp³-hybridized carbons (Fsp3) is 0.190. The zero-order valence-electron chi connectivity index (χ0n) is 15.5. The second kappa shape index (κ2) is 7.07. The predicted octanol–water partition coefficient (Wildman–Crippen LogP) is 4.69. The summed E-state index contributed by atoms with van der Waals surface area (Å²) in [5.41, 5.74) is 3.95. The molecule has 2 heterocycles. The lowest BCUT2D eigenvalue weighted by molar-refractivity contribution is 0.414. The molecule has 0 saturated carbocycles. The molecule has 6 nitrogen and oxygen atoms in total. The third-order valence-corrected chi connectivity index (χ3v) is 4.52. The number of rotatable bonds is 5. The van der Waals surface area contributed by atoms with E-state index in [1.165, 1.54) is 5.56 Å². The Bertz CT molecular complexity index is 1050. The molecular weight excluding hydrogens is 338 g/mol. The smallest absolute Gasteiger partial charge is 0.168 e. The highest BCUT2D eigenvalue weighted by Crippen LogP contribution is 2.26. The maximum absolute atomic E-state index is 5.22. The van der Waals surface area contributed by atoms with Gasteiger partial charge in [-0.05, 0) is 47.9 Å². The summed E-state index contributed by atoms with van der Waals surface area (Å²) in [6.45, 7) is 4.37. The van der Waals surface area contributed by atoms with Gasteiger partial charge in [-0.25, -0.2) is 14.6 Å². The van der Waals surface area contributed by atoms with Crippen LogP contribution in [0.2, 0.25) is 0 Å². The van der Waals surface area contributed by atoms with Crippen LogP contribution >= 0.6 is 0 Å². The Morgan fingerprint density at radius 1 is 0.963 bits per heavy atom. The molecule has 4 rings (SSSR count). The summed E-state index contributed by atoms with van der Waals surface area (Å²) in [5, 5.41) is 8.73. The summed E-state index contributed by atoms with van der Waals surface area (Å²) in [4.78, 5) is 8.82. The molecule has 6 heteroatoms. The number of nitrogens with one attached hydrogen (secondary N) is 1. The van der Waals surface area contributed by atoms with Crippen LogP contribution in [0.1, 0.15) is 25.3 Å². The van der Waals surface area contributed by atoms with Gasteiger partial charge < -0.3 is 10.1 Å². The first-order valence-corrected chi connectivity index (χ1v) is 8.86. The molecule has 0 atom stereocenters. The molecule has 0 bridgehead atoms. The van der Waals surface area contributed by atoms with E-state index in [1.807, 2.05) is 24.3 Å². The summed E-state index contributed by atoms with van der Waals surface area (Å²) in [5.74, 6) is 2.04. The second-order valence-corrected chi connectivity index (χ2v) is 6.62. The fourth-order valence-corrected chi connectivity index (χ4v) is 2.94. The Morgan fingerprint density at radius 3 is 2.37 bits per heavy atom. The van der Waals surface area contributed by atoms with Gasteiger partial charge in [-0.15, -0.1) is 0 Å². The predicted molar refractivity (Wildman–Crippen MR) is 107 cm³/mol. The number of ether oxygens (including phenoxy) is 1. The summed E-state index contributed by atoms with van der Waals surface area (Å²) in [6.07, 6.45) is 3.33. The molecule has 0 spiro atoms. The molecule has 0 radical (unpaired) electrons. The average Bonchev–Trinajstić information content (AvgIpc) is 3.14. The third-order valence-electron chi connectivity index (χ3n) is 4.52. The monoisotopic (exact) mass is 359 g/mol. The van der Waals surface area contributed by atoms with Gasteiger partial charge >= 0.3 is 0 Å². The highest BCUT2D eigenvalue weighted by molar-refractivity contribution is 5.89. The molecule has 0 aliphatic carbocycles. The highest BCUT2D eigenvalue weighted by Gasteiger charge is 2.11. The Kier molecular flexibility index (Phi) is 4.46. The first-order chi connectivity index (χ1) is 13.2. The minimum absolute atomic E-state index is 0.507. The van der Waals surface area contributed by atoms with Crippen molar-refractivity contribution in [3.05, 3.63) is 66.6 Å². The van der Waals surface area contributed by atoms with Crippen LogP contribution in [0.4, 0.5) is 11.5 Å². The first-order valence-electron chi connectivity index (χ1n) is 8.86. The second-order valence-electron chi connectivity index (χ2n) is 6.62. The number of hydrogen-bond donors (Lipinski definition) is 1. The lowest BCUT2D eigenvalue weighted by Gasteiger charge is -2.09. The topological polar surface area (TPSA) is 64.9 Å². The van der Waals surface area contributed by atoms with E-state index in [9.17, 15) is 0 Å². The molecular formula is C21H21N5O. The van der Waals surface area contributed by atoms with E-state index in [4.69, 9.17) is 4.74 Å². The molecule has 0 fully saturated rings. The van der Waals surface area contributed by atoms with Crippen molar-refractivity contribution in [1.82, 2.24) is 19.7 Å². The van der Waals surface area contributed by atoms with E-state index in [0.29, 0.717) is 5.92 Å². The molecule has 1 N–H and O–H groups in total. The van der Waals surface area contributed by atoms with Crippen molar-refractivity contribution in [2.24, 2.45) is 0 Å². The first kappa shape index (κ1) is 17.0. The van der Waals surface area contributed by atoms with Crippen LogP contribution in [0.25, 0.3) is 16.7 Å². The minimum Gasteiger partial charge on any atom is -0.497 e. The maximum atomic E-state index is 5.22. The normalized spacial score (nSPS) is 11.1. The number of fused-ring (bicyclic) bond motifs is 1. The van der Waals surface area contributed by atoms with Gasteiger partial charge in [-0.3, -0.25) is 0 Å². The van der Waals surface area contributed by atoms with E-state index in [1.54, 1.807) is 24.3 Å². The van der Waals surface area contributed by atoms with Crippen LogP contribution in [0.5, 0.6) is 5.75 Å². The molecule has 0 aliphatic rings. The SMILES string of the molecule is COc1ccc(-n2ncc3c(Nc4ccc(C(C)C)cc4)ncnc32)cc1. The van der Waals surface area contributed by atoms with Crippen LogP contribution in [-0.4, -0.2) is 26.9 Å². The highest BCUT2D eigenvalue weighted by atomic mass is 16.5. The number of aromatic nitrogens is 4. The van der Waals surface area contributed by atoms with Crippen LogP contribution < -0.4 is 10.1 Å². The van der Waals surface area contributed by atoms with Crippen LogP contribution in [0.3, 0.4) is 0 Å². The van der Waals surface area contributed by atoms with E-state index < -0.39 is 0 Å². The van der Waals surface area contributed by atoms with E-state index >= 15 is 0 Å². The summed E-state index contributed by atoms with van der Waals surface area (Å²) in [6, 6.07) is 16.1. The Morgan fingerprint density at radius 2 is 1.70 bits per heavy atom. The Balaban J connectivity index is 1.67. The average molecular weight is 359 g/mol. The number of nitrogens with zero attached hydrogens (tertiary/aromatic N) is 4. The molecule has 0 amide bonds. The van der Waals surface area contributed by atoms with Gasteiger partial charge in [0.15, 0.2) is 5.65 Å². The van der Waals surface area contributed by atoms with Crippen molar-refractivity contribution < 1.29 is 4.74 Å². The molecule has 27 heavy (non-hydrogen) atoms. The zero-order valence-corrected chi connectivity index (χ0v) is 15.5. The fourth-order valence-electron chi connectivity index (χ4n) is 2.94. The van der Waals surface area contributed by atoms with Gasteiger partial charge in [0.05, 0.1) is 24.4 Å². The van der Waals surface area contributed by atoms with Gasteiger partial charge in [0.1, 0.15) is 17.9 Å². The van der Waals surface area contributed by atoms with Gasteiger partial charge in [-0.1, -0.05) is 26.0 Å². The summed E-state index contributed by atoms with van der Waals surface area (Å²) >= 11 is 0.